The maximum Gasteiger partial charge on any atom is 0.459 e. The van der Waals surface area contributed by atoms with Crippen molar-refractivity contribution in [3.63, 3.8) is 0 Å². The Kier molecular flexibility index (Phi) is 7.28. The Morgan fingerprint density at radius 1 is 1.28 bits per heavy atom. The summed E-state index contributed by atoms with van der Waals surface area (Å²) in [4.78, 5) is 26.3. The van der Waals surface area contributed by atoms with Gasteiger partial charge in [0.1, 0.15) is 24.0 Å². The van der Waals surface area contributed by atoms with Crippen LogP contribution in [0.15, 0.2) is 47.4 Å². The average molecular weight is 542 g/mol. The molecule has 2 saturated heterocycles. The number of carbonyl (C=O) groups is 1. The molecule has 0 aliphatic carbocycles. The molecule has 12 nitrogen and oxygen atoms in total. The van der Waals surface area contributed by atoms with Gasteiger partial charge in [0.05, 0.1) is 6.10 Å². The highest BCUT2D eigenvalue weighted by Crippen LogP contribution is 2.59. The van der Waals surface area contributed by atoms with Gasteiger partial charge < -0.3 is 23.8 Å². The van der Waals surface area contributed by atoms with Crippen molar-refractivity contribution in [1.29, 1.82) is 0 Å². The molecule has 196 valence electrons. The summed E-state index contributed by atoms with van der Waals surface area (Å²) in [6.07, 6.45) is -0.849. The van der Waals surface area contributed by atoms with Crippen molar-refractivity contribution in [3.05, 3.63) is 57.7 Å². The van der Waals surface area contributed by atoms with Gasteiger partial charge >= 0.3 is 13.7 Å². The first-order valence-electron chi connectivity index (χ1n) is 11.2. The van der Waals surface area contributed by atoms with Crippen molar-refractivity contribution in [2.75, 3.05) is 6.61 Å². The van der Waals surface area contributed by atoms with Crippen molar-refractivity contribution in [2.45, 2.75) is 63.6 Å². The minimum Gasteiger partial charge on any atom is -0.462 e. The lowest BCUT2D eigenvalue weighted by Gasteiger charge is -2.29. The molecule has 2 aliphatic rings. The SMILES string of the molecule is CC(C)OC(=O)[C@H](C)NP(=O)(OCC12OC1C(C)(O)[C@H](n1ccc(=O)[nH]c1=S)O2)Oc1ccccc1. The number of fused-ring (bicyclic) bond motifs is 1. The van der Waals surface area contributed by atoms with Crippen molar-refractivity contribution in [2.24, 2.45) is 0 Å². The van der Waals surface area contributed by atoms with E-state index in [1.54, 1.807) is 44.2 Å². The fraction of sp³-hybridized carbons (Fsp3) is 0.500. The Labute approximate surface area is 212 Å². The molecule has 4 unspecified atom stereocenters. The highest BCUT2D eigenvalue weighted by Gasteiger charge is 2.76. The molecule has 2 fully saturated rings. The van der Waals surface area contributed by atoms with Crippen LogP contribution in [0.5, 0.6) is 5.75 Å². The zero-order valence-electron chi connectivity index (χ0n) is 20.1. The molecule has 0 radical (unpaired) electrons. The van der Waals surface area contributed by atoms with Crippen LogP contribution in [0.3, 0.4) is 0 Å². The van der Waals surface area contributed by atoms with E-state index in [9.17, 15) is 19.3 Å². The number of nitrogens with one attached hydrogen (secondary N) is 2. The monoisotopic (exact) mass is 541 g/mol. The van der Waals surface area contributed by atoms with Gasteiger partial charge in [0.15, 0.2) is 17.1 Å². The van der Waals surface area contributed by atoms with Crippen LogP contribution < -0.4 is 15.2 Å². The van der Waals surface area contributed by atoms with Crippen LogP contribution in [0.4, 0.5) is 0 Å². The van der Waals surface area contributed by atoms with Crippen LogP contribution in [0.25, 0.3) is 0 Å². The number of epoxide rings is 1. The molecule has 0 spiro atoms. The van der Waals surface area contributed by atoms with Crippen LogP contribution in [0.2, 0.25) is 0 Å². The van der Waals surface area contributed by atoms with Crippen molar-refractivity contribution in [3.8, 4) is 5.75 Å². The van der Waals surface area contributed by atoms with Crippen LogP contribution in [-0.4, -0.2) is 56.9 Å². The Morgan fingerprint density at radius 2 is 1.97 bits per heavy atom. The van der Waals surface area contributed by atoms with E-state index < -0.39 is 55.6 Å². The van der Waals surface area contributed by atoms with Crippen LogP contribution in [0, 0.1) is 4.77 Å². The molecule has 36 heavy (non-hydrogen) atoms. The lowest BCUT2D eigenvalue weighted by molar-refractivity contribution is -0.191. The van der Waals surface area contributed by atoms with E-state index in [1.807, 2.05) is 0 Å². The number of rotatable bonds is 10. The summed E-state index contributed by atoms with van der Waals surface area (Å²) < 4.78 is 43.2. The maximum absolute atomic E-state index is 13.7. The molecule has 0 bridgehead atoms. The van der Waals surface area contributed by atoms with Gasteiger partial charge in [-0.15, -0.1) is 0 Å². The highest BCUT2D eigenvalue weighted by molar-refractivity contribution is 7.71. The predicted molar refractivity (Wildman–Crippen MR) is 129 cm³/mol. The first-order valence-corrected chi connectivity index (χ1v) is 13.2. The summed E-state index contributed by atoms with van der Waals surface area (Å²) >= 11 is 5.19. The van der Waals surface area contributed by atoms with E-state index >= 15 is 0 Å². The van der Waals surface area contributed by atoms with Gasteiger partial charge in [-0.1, -0.05) is 18.2 Å². The van der Waals surface area contributed by atoms with E-state index in [0.717, 1.165) is 0 Å². The molecule has 2 aromatic rings. The Bertz CT molecular complexity index is 1280. The second-order valence-corrected chi connectivity index (χ2v) is 11.1. The summed E-state index contributed by atoms with van der Waals surface area (Å²) in [5.74, 6) is -1.87. The fourth-order valence-electron chi connectivity index (χ4n) is 3.86. The second kappa shape index (κ2) is 9.82. The minimum absolute atomic E-state index is 0.0439. The standard InChI is InChI=1S/C22H28N3O9PS/c1-13(2)31-17(27)14(3)24-35(29,34-15-8-6-5-7-9-15)30-12-22-18(32-22)21(4,28)19(33-22)25-11-10-16(26)23-20(25)36/h5-11,13-14,18-19,28H,12H2,1-4H3,(H,24,29)(H,23,26,36)/t14-,18?,19+,21?,22?,35?/m0/s1. The van der Waals surface area contributed by atoms with Gasteiger partial charge in [-0.2, -0.15) is 5.09 Å². The first kappa shape index (κ1) is 26.7. The van der Waals surface area contributed by atoms with Crippen LogP contribution >= 0.6 is 20.0 Å². The first-order chi connectivity index (χ1) is 16.9. The van der Waals surface area contributed by atoms with Crippen molar-refractivity contribution in [1.82, 2.24) is 14.6 Å². The summed E-state index contributed by atoms with van der Waals surface area (Å²) in [5.41, 5.74) is -1.96. The zero-order valence-corrected chi connectivity index (χ0v) is 21.8. The zero-order chi connectivity index (χ0) is 26.3. The molecule has 0 amide bonds. The minimum atomic E-state index is -4.18. The summed E-state index contributed by atoms with van der Waals surface area (Å²) in [7, 11) is -4.18. The molecule has 0 saturated carbocycles. The molecule has 6 atom stereocenters. The lowest BCUT2D eigenvalue weighted by atomic mass is 10.00. The number of carbonyl (C=O) groups excluding carboxylic acids is 1. The van der Waals surface area contributed by atoms with Gasteiger partial charge in [-0.05, 0) is 52.0 Å². The van der Waals surface area contributed by atoms with E-state index in [0.29, 0.717) is 0 Å². The molecule has 2 aliphatic heterocycles. The Balaban J connectivity index is 1.53. The molecule has 14 heteroatoms. The topological polar surface area (TPSA) is 154 Å². The van der Waals surface area contributed by atoms with E-state index in [4.69, 9.17) is 35.5 Å². The van der Waals surface area contributed by atoms with E-state index in [-0.39, 0.29) is 16.6 Å². The number of H-pyrrole nitrogens is 1. The molecule has 1 aromatic carbocycles. The lowest BCUT2D eigenvalue weighted by Crippen LogP contribution is -2.39. The average Bonchev–Trinajstić information content (AvgIpc) is 3.47. The largest absolute Gasteiger partial charge is 0.462 e. The molecule has 4 rings (SSSR count). The second-order valence-electron chi connectivity index (χ2n) is 9.03. The van der Waals surface area contributed by atoms with Gasteiger partial charge in [0.25, 0.3) is 5.56 Å². The molecule has 1 aromatic heterocycles. The number of benzene rings is 1. The van der Waals surface area contributed by atoms with Gasteiger partial charge in [-0.25, -0.2) is 4.57 Å². The molecule has 3 N–H and O–H groups in total. The summed E-state index contributed by atoms with van der Waals surface area (Å²) in [6.45, 7) is 5.93. The Morgan fingerprint density at radius 3 is 2.61 bits per heavy atom. The van der Waals surface area contributed by atoms with Crippen LogP contribution in [0.1, 0.15) is 33.9 Å². The number of nitrogens with zero attached hydrogens (tertiary/aromatic N) is 1. The number of aliphatic hydroxyl groups is 1. The predicted octanol–water partition coefficient (Wildman–Crippen LogP) is 2.41. The maximum atomic E-state index is 13.7. The third-order valence-electron chi connectivity index (χ3n) is 5.57. The van der Waals surface area contributed by atoms with Crippen molar-refractivity contribution < 1.29 is 37.7 Å². The summed E-state index contributed by atoms with van der Waals surface area (Å²) in [6, 6.07) is 8.49. The normalized spacial score (nSPS) is 29.3. The number of ether oxygens (including phenoxy) is 3. The van der Waals surface area contributed by atoms with Gasteiger partial charge in [0, 0.05) is 12.3 Å². The van der Waals surface area contributed by atoms with E-state index in [2.05, 4.69) is 10.1 Å². The van der Waals surface area contributed by atoms with Gasteiger partial charge in [-0.3, -0.25) is 23.7 Å². The Hall–Kier alpha value is -2.38. The van der Waals surface area contributed by atoms with E-state index in [1.165, 1.54) is 30.7 Å². The van der Waals surface area contributed by atoms with Crippen molar-refractivity contribution >= 4 is 25.9 Å². The number of aromatic nitrogens is 2. The fourth-order valence-corrected chi connectivity index (χ4v) is 5.63. The highest BCUT2D eigenvalue weighted by atomic mass is 32.1. The summed E-state index contributed by atoms with van der Waals surface area (Å²) in [5, 5.41) is 13.7. The van der Waals surface area contributed by atoms with Crippen LogP contribution in [-0.2, 0) is 28.1 Å². The quantitative estimate of drug-likeness (QED) is 0.176. The number of para-hydroxylation sites is 1. The smallest absolute Gasteiger partial charge is 0.459 e. The number of hydrogen-bond acceptors (Lipinski definition) is 10. The number of hydrogen-bond donors (Lipinski definition) is 3. The number of aromatic amines is 1. The third kappa shape index (κ3) is 5.47. The number of esters is 1. The third-order valence-corrected chi connectivity index (χ3v) is 7.50. The molecular formula is C22H28N3O9PS. The van der Waals surface area contributed by atoms with Gasteiger partial charge in [0.2, 0.25) is 5.79 Å². The molecular weight excluding hydrogens is 513 g/mol. The molecule has 3 heterocycles.